The van der Waals surface area contributed by atoms with Crippen LogP contribution in [-0.2, 0) is 0 Å². The van der Waals surface area contributed by atoms with Crippen molar-refractivity contribution >= 4 is 28.8 Å². The van der Waals surface area contributed by atoms with Gasteiger partial charge in [-0.1, -0.05) is 11.6 Å². The molecule has 15 heavy (non-hydrogen) atoms. The summed E-state index contributed by atoms with van der Waals surface area (Å²) >= 11 is 7.03. The van der Waals surface area contributed by atoms with E-state index in [9.17, 15) is 4.79 Å². The fourth-order valence-electron chi connectivity index (χ4n) is 0.980. The molecule has 84 valence electrons. The maximum absolute atomic E-state index is 11.5. The van der Waals surface area contributed by atoms with E-state index in [4.69, 9.17) is 21.8 Å². The van der Waals surface area contributed by atoms with Crippen molar-refractivity contribution in [2.24, 2.45) is 0 Å². The molecule has 3 N–H and O–H groups in total. The van der Waals surface area contributed by atoms with Gasteiger partial charge in [-0.3, -0.25) is 4.79 Å². The lowest BCUT2D eigenvalue weighted by Crippen LogP contribution is -2.27. The van der Waals surface area contributed by atoms with Crippen LogP contribution in [0.4, 0.5) is 0 Å². The summed E-state index contributed by atoms with van der Waals surface area (Å²) in [5, 5.41) is 22.4. The third-order valence-electron chi connectivity index (χ3n) is 1.80. The first kappa shape index (κ1) is 12.4. The Hall–Kier alpha value is -0.620. The van der Waals surface area contributed by atoms with Crippen LogP contribution in [0.5, 0.6) is 0 Å². The van der Waals surface area contributed by atoms with Crippen LogP contribution < -0.4 is 5.32 Å². The number of aliphatic hydroxyl groups is 2. The molecule has 1 aromatic rings. The Morgan fingerprint density at radius 1 is 1.67 bits per heavy atom. The number of amides is 1. The molecule has 0 bridgehead atoms. The van der Waals surface area contributed by atoms with Gasteiger partial charge < -0.3 is 15.5 Å². The molecule has 1 heterocycles. The number of thiophene rings is 1. The summed E-state index contributed by atoms with van der Waals surface area (Å²) in [5.41, 5.74) is 0. The highest BCUT2D eigenvalue weighted by Crippen LogP contribution is 2.21. The predicted octanol–water partition coefficient (Wildman–Crippen LogP) is 0.875. The normalized spacial score (nSPS) is 12.5. The van der Waals surface area contributed by atoms with E-state index in [1.807, 2.05) is 0 Å². The van der Waals surface area contributed by atoms with Crippen LogP contribution in [0.15, 0.2) is 11.4 Å². The van der Waals surface area contributed by atoms with Gasteiger partial charge in [0.25, 0.3) is 5.91 Å². The Kier molecular flexibility index (Phi) is 5.04. The van der Waals surface area contributed by atoms with Crippen LogP contribution in [0, 0.1) is 0 Å². The van der Waals surface area contributed by atoms with E-state index >= 15 is 0 Å². The fraction of sp³-hybridized carbons (Fsp3) is 0.444. The van der Waals surface area contributed by atoms with Gasteiger partial charge in [-0.2, -0.15) is 0 Å². The summed E-state index contributed by atoms with van der Waals surface area (Å²) in [5.74, 6) is -0.250. The molecule has 1 rings (SSSR count). The summed E-state index contributed by atoms with van der Waals surface area (Å²) in [4.78, 5) is 11.9. The maximum Gasteiger partial charge on any atom is 0.262 e. The lowest BCUT2D eigenvalue weighted by atomic mass is 10.2. The first-order valence-corrected chi connectivity index (χ1v) is 5.71. The molecular formula is C9H12ClNO3S. The van der Waals surface area contributed by atoms with Gasteiger partial charge in [0, 0.05) is 6.54 Å². The van der Waals surface area contributed by atoms with Gasteiger partial charge in [-0.25, -0.2) is 0 Å². The van der Waals surface area contributed by atoms with Gasteiger partial charge in [0.15, 0.2) is 0 Å². The van der Waals surface area contributed by atoms with E-state index in [0.29, 0.717) is 22.9 Å². The molecule has 4 nitrogen and oxygen atoms in total. The quantitative estimate of drug-likeness (QED) is 0.726. The Labute approximate surface area is 96.5 Å². The maximum atomic E-state index is 11.5. The van der Waals surface area contributed by atoms with Crippen molar-refractivity contribution in [3.05, 3.63) is 21.3 Å². The highest BCUT2D eigenvalue weighted by atomic mass is 35.5. The van der Waals surface area contributed by atoms with Gasteiger partial charge in [-0.15, -0.1) is 11.3 Å². The molecule has 0 saturated heterocycles. The van der Waals surface area contributed by atoms with E-state index in [2.05, 4.69) is 5.32 Å². The van der Waals surface area contributed by atoms with Crippen molar-refractivity contribution in [3.63, 3.8) is 0 Å². The van der Waals surface area contributed by atoms with Crippen LogP contribution in [-0.4, -0.2) is 35.4 Å². The van der Waals surface area contributed by atoms with Crippen molar-refractivity contribution in [3.8, 4) is 0 Å². The molecule has 0 aliphatic heterocycles. The van der Waals surface area contributed by atoms with Crippen LogP contribution >= 0.6 is 22.9 Å². The lowest BCUT2D eigenvalue weighted by molar-refractivity contribution is 0.0835. The molecule has 0 fully saturated rings. The number of carbonyl (C=O) groups is 1. The minimum Gasteiger partial charge on any atom is -0.394 e. The zero-order valence-electron chi connectivity index (χ0n) is 7.94. The summed E-state index contributed by atoms with van der Waals surface area (Å²) in [6.45, 7) is 0.0183. The van der Waals surface area contributed by atoms with E-state index in [1.165, 1.54) is 11.3 Å². The SMILES string of the molecule is O=C(NCC[C@H](O)CO)c1sccc1Cl. The monoisotopic (exact) mass is 249 g/mol. The molecule has 0 unspecified atom stereocenters. The number of aliphatic hydroxyl groups excluding tert-OH is 2. The molecule has 0 radical (unpaired) electrons. The number of carbonyl (C=O) groups excluding carboxylic acids is 1. The first-order valence-electron chi connectivity index (χ1n) is 4.45. The molecule has 0 spiro atoms. The van der Waals surface area contributed by atoms with E-state index < -0.39 is 6.10 Å². The third-order valence-corrected chi connectivity index (χ3v) is 3.14. The Morgan fingerprint density at radius 3 is 2.93 bits per heavy atom. The molecule has 1 amide bonds. The van der Waals surface area contributed by atoms with Gasteiger partial charge >= 0.3 is 0 Å². The standard InChI is InChI=1S/C9H12ClNO3S/c10-7-2-4-15-8(7)9(14)11-3-1-6(13)5-12/h2,4,6,12-13H,1,3,5H2,(H,11,14)/t6-/m0/s1. The van der Waals surface area contributed by atoms with Crippen molar-refractivity contribution in [2.45, 2.75) is 12.5 Å². The van der Waals surface area contributed by atoms with Crippen molar-refractivity contribution in [2.75, 3.05) is 13.2 Å². The van der Waals surface area contributed by atoms with E-state index in [0.717, 1.165) is 0 Å². The second kappa shape index (κ2) is 6.07. The summed E-state index contributed by atoms with van der Waals surface area (Å²) < 4.78 is 0. The summed E-state index contributed by atoms with van der Waals surface area (Å²) in [6, 6.07) is 1.66. The fourth-order valence-corrected chi connectivity index (χ4v) is 2.04. The van der Waals surface area contributed by atoms with Crippen LogP contribution in [0.25, 0.3) is 0 Å². The van der Waals surface area contributed by atoms with Crippen LogP contribution in [0.2, 0.25) is 5.02 Å². The second-order valence-electron chi connectivity index (χ2n) is 2.98. The first-order chi connectivity index (χ1) is 7.15. The minimum atomic E-state index is -0.788. The molecule has 6 heteroatoms. The van der Waals surface area contributed by atoms with E-state index in [-0.39, 0.29) is 12.5 Å². The number of halogens is 1. The Bertz CT molecular complexity index is 329. The van der Waals surface area contributed by atoms with Crippen LogP contribution in [0.3, 0.4) is 0 Å². The smallest absolute Gasteiger partial charge is 0.262 e. The predicted molar refractivity (Wildman–Crippen MR) is 59.4 cm³/mol. The topological polar surface area (TPSA) is 69.6 Å². The average Bonchev–Trinajstić information content (AvgIpc) is 2.64. The van der Waals surface area contributed by atoms with Gasteiger partial charge in [0.05, 0.1) is 17.7 Å². The zero-order chi connectivity index (χ0) is 11.3. The summed E-state index contributed by atoms with van der Waals surface area (Å²) in [7, 11) is 0. The highest BCUT2D eigenvalue weighted by molar-refractivity contribution is 7.12. The molecular weight excluding hydrogens is 238 g/mol. The molecule has 0 saturated carbocycles. The Morgan fingerprint density at radius 2 is 2.40 bits per heavy atom. The third kappa shape index (κ3) is 3.79. The van der Waals surface area contributed by atoms with Crippen molar-refractivity contribution in [1.82, 2.24) is 5.32 Å². The largest absolute Gasteiger partial charge is 0.394 e. The number of nitrogens with one attached hydrogen (secondary N) is 1. The highest BCUT2D eigenvalue weighted by Gasteiger charge is 2.11. The molecule has 0 aliphatic carbocycles. The van der Waals surface area contributed by atoms with Gasteiger partial charge in [-0.05, 0) is 17.9 Å². The van der Waals surface area contributed by atoms with Gasteiger partial charge in [0.1, 0.15) is 4.88 Å². The molecule has 0 aliphatic rings. The summed E-state index contributed by atoms with van der Waals surface area (Å²) in [6.07, 6.45) is -0.463. The second-order valence-corrected chi connectivity index (χ2v) is 4.30. The number of hydrogen-bond donors (Lipinski definition) is 3. The van der Waals surface area contributed by atoms with Gasteiger partial charge in [0.2, 0.25) is 0 Å². The molecule has 1 aromatic heterocycles. The zero-order valence-corrected chi connectivity index (χ0v) is 9.51. The van der Waals surface area contributed by atoms with Crippen molar-refractivity contribution < 1.29 is 15.0 Å². The lowest BCUT2D eigenvalue weighted by Gasteiger charge is -2.07. The number of rotatable bonds is 5. The minimum absolute atomic E-state index is 0.250. The molecule has 0 aromatic carbocycles. The van der Waals surface area contributed by atoms with Crippen LogP contribution in [0.1, 0.15) is 16.1 Å². The van der Waals surface area contributed by atoms with Crippen molar-refractivity contribution in [1.29, 1.82) is 0 Å². The number of hydrogen-bond acceptors (Lipinski definition) is 4. The van der Waals surface area contributed by atoms with E-state index in [1.54, 1.807) is 11.4 Å². The Balaban J connectivity index is 2.34. The molecule has 1 atom stereocenters. The average molecular weight is 250 g/mol.